The van der Waals surface area contributed by atoms with Crippen molar-refractivity contribution in [1.82, 2.24) is 19.4 Å². The van der Waals surface area contributed by atoms with Gasteiger partial charge in [0.2, 0.25) is 0 Å². The van der Waals surface area contributed by atoms with Crippen LogP contribution in [0.4, 0.5) is 17.6 Å². The van der Waals surface area contributed by atoms with Gasteiger partial charge < -0.3 is 10.4 Å². The second-order valence-electron chi connectivity index (χ2n) is 13.7. The molecule has 276 valence electrons. The number of nitrogens with one attached hydrogen (secondary N) is 1. The predicted octanol–water partition coefficient (Wildman–Crippen LogP) is 6.61. The van der Waals surface area contributed by atoms with Crippen LogP contribution in [-0.4, -0.2) is 51.0 Å². The number of thioether (sulfide) groups is 1. The molecule has 1 aromatic heterocycles. The minimum atomic E-state index is -4.86. The summed E-state index contributed by atoms with van der Waals surface area (Å²) in [6, 6.07) is 19.6. The number of aliphatic carboxylic acids is 1. The normalized spacial score (nSPS) is 16.2. The summed E-state index contributed by atoms with van der Waals surface area (Å²) in [6.45, 7) is 1.55. The molecule has 52 heavy (non-hydrogen) atoms. The van der Waals surface area contributed by atoms with Crippen LogP contribution >= 0.6 is 11.8 Å². The van der Waals surface area contributed by atoms with Gasteiger partial charge in [0.15, 0.2) is 0 Å². The summed E-state index contributed by atoms with van der Waals surface area (Å²) in [5.41, 5.74) is -0.978. The van der Waals surface area contributed by atoms with E-state index < -0.39 is 58.3 Å². The molecule has 1 aliphatic carbocycles. The van der Waals surface area contributed by atoms with Crippen LogP contribution in [-0.2, 0) is 42.4 Å². The van der Waals surface area contributed by atoms with Crippen molar-refractivity contribution in [2.24, 2.45) is 0 Å². The van der Waals surface area contributed by atoms with E-state index in [4.69, 9.17) is 5.11 Å². The van der Waals surface area contributed by atoms with Gasteiger partial charge in [0, 0.05) is 40.1 Å². The molecule has 1 unspecified atom stereocenters. The summed E-state index contributed by atoms with van der Waals surface area (Å²) < 4.78 is 60.0. The molecule has 1 aliphatic heterocycles. The maximum atomic E-state index is 15.3. The predicted molar refractivity (Wildman–Crippen MR) is 192 cm³/mol. The van der Waals surface area contributed by atoms with Crippen LogP contribution in [0, 0.1) is 5.82 Å². The van der Waals surface area contributed by atoms with Gasteiger partial charge >= 0.3 is 17.8 Å². The highest BCUT2D eigenvalue weighted by Gasteiger charge is 2.46. The van der Waals surface area contributed by atoms with Gasteiger partial charge in [-0.2, -0.15) is 13.2 Å². The Morgan fingerprint density at radius 2 is 1.69 bits per heavy atom. The number of alkyl halides is 3. The number of fused-ring (bicyclic) bond motifs is 2. The molecule has 0 amide bonds. The van der Waals surface area contributed by atoms with Gasteiger partial charge in [0.25, 0.3) is 5.56 Å². The topological polar surface area (TPSA) is 96.6 Å². The molecule has 6 rings (SSSR count). The molecule has 1 fully saturated rings. The van der Waals surface area contributed by atoms with Crippen molar-refractivity contribution in [3.8, 4) is 0 Å². The Labute approximate surface area is 303 Å². The van der Waals surface area contributed by atoms with Gasteiger partial charge in [-0.3, -0.25) is 23.6 Å². The van der Waals surface area contributed by atoms with E-state index >= 15 is 4.39 Å². The first-order chi connectivity index (χ1) is 24.9. The van der Waals surface area contributed by atoms with Crippen molar-refractivity contribution in [2.45, 2.75) is 80.7 Å². The smallest absolute Gasteiger partial charge is 0.416 e. The van der Waals surface area contributed by atoms with Gasteiger partial charge in [0.1, 0.15) is 5.82 Å². The van der Waals surface area contributed by atoms with E-state index in [1.807, 2.05) is 42.7 Å². The summed E-state index contributed by atoms with van der Waals surface area (Å²) in [5, 5.41) is 12.4. The number of hydrogen-bond acceptors (Lipinski definition) is 6. The number of piperidine rings is 1. The fourth-order valence-corrected chi connectivity index (χ4v) is 8.31. The highest BCUT2D eigenvalue weighted by Crippen LogP contribution is 2.45. The molecule has 2 N–H and O–H groups in total. The summed E-state index contributed by atoms with van der Waals surface area (Å²) in [4.78, 5) is 43.7. The molecule has 2 aliphatic rings. The maximum absolute atomic E-state index is 15.3. The molecule has 1 saturated heterocycles. The van der Waals surface area contributed by atoms with Gasteiger partial charge in [-0.25, -0.2) is 9.18 Å². The minimum absolute atomic E-state index is 0.0766. The molecule has 1 spiro atoms. The molecule has 0 bridgehead atoms. The van der Waals surface area contributed by atoms with Crippen LogP contribution in [0.5, 0.6) is 0 Å². The zero-order chi connectivity index (χ0) is 37.0. The number of halogens is 4. The monoisotopic (exact) mass is 738 g/mol. The molecule has 4 aromatic rings. The van der Waals surface area contributed by atoms with Crippen LogP contribution in [0.25, 0.3) is 0 Å². The number of benzene rings is 3. The molecule has 3 aromatic carbocycles. The number of carboxylic acids is 1. The van der Waals surface area contributed by atoms with E-state index in [1.54, 1.807) is 11.8 Å². The largest absolute Gasteiger partial charge is 0.481 e. The van der Waals surface area contributed by atoms with E-state index in [0.717, 1.165) is 34.9 Å². The van der Waals surface area contributed by atoms with Crippen molar-refractivity contribution in [3.63, 3.8) is 0 Å². The number of rotatable bonds is 13. The van der Waals surface area contributed by atoms with Crippen LogP contribution in [0.1, 0.15) is 71.7 Å². The van der Waals surface area contributed by atoms with Crippen molar-refractivity contribution in [2.75, 3.05) is 25.9 Å². The van der Waals surface area contributed by atoms with Crippen molar-refractivity contribution < 1.29 is 27.5 Å². The minimum Gasteiger partial charge on any atom is -0.481 e. The molecule has 0 saturated carbocycles. The zero-order valence-corrected chi connectivity index (χ0v) is 29.7. The SMILES string of the molecule is CSc1cccc(CN2CCC3(CCc4c3c(=O)n(CC(NCCCC(=O)O)c3ccccc3)c(=O)n4Cc3c(F)cccc3C(F)(F)F)CC2)c1. The Hall–Kier alpha value is -4.20. The number of aromatic nitrogens is 2. The number of carboxylic acid groups (broad SMARTS) is 1. The second-order valence-corrected chi connectivity index (χ2v) is 14.6. The number of likely N-dealkylation sites (tertiary alicyclic amines) is 1. The average Bonchev–Trinajstić information content (AvgIpc) is 3.49. The van der Waals surface area contributed by atoms with Crippen molar-refractivity contribution >= 4 is 17.7 Å². The van der Waals surface area contributed by atoms with Crippen LogP contribution in [0.3, 0.4) is 0 Å². The van der Waals surface area contributed by atoms with Gasteiger partial charge in [-0.15, -0.1) is 11.8 Å². The van der Waals surface area contributed by atoms with Crippen molar-refractivity contribution in [3.05, 3.63) is 133 Å². The second kappa shape index (κ2) is 15.8. The summed E-state index contributed by atoms with van der Waals surface area (Å²) in [6.07, 6.45) is -0.500. The Balaban J connectivity index is 1.41. The van der Waals surface area contributed by atoms with Gasteiger partial charge in [0.05, 0.1) is 24.7 Å². The lowest BCUT2D eigenvalue weighted by Gasteiger charge is -2.40. The molecule has 8 nitrogen and oxygen atoms in total. The molecule has 2 heterocycles. The van der Waals surface area contributed by atoms with Crippen LogP contribution in [0.15, 0.2) is 87.3 Å². The third kappa shape index (κ3) is 8.06. The number of nitrogens with zero attached hydrogens (tertiary/aromatic N) is 3. The molecular weight excluding hydrogens is 697 g/mol. The first kappa shape index (κ1) is 37.6. The van der Waals surface area contributed by atoms with E-state index in [0.29, 0.717) is 56.5 Å². The Kier molecular flexibility index (Phi) is 11.4. The third-order valence-electron chi connectivity index (χ3n) is 10.5. The first-order valence-electron chi connectivity index (χ1n) is 17.5. The van der Waals surface area contributed by atoms with E-state index in [-0.39, 0.29) is 19.5 Å². The zero-order valence-electron chi connectivity index (χ0n) is 28.9. The van der Waals surface area contributed by atoms with Crippen LogP contribution in [0.2, 0.25) is 0 Å². The lowest BCUT2D eigenvalue weighted by atomic mass is 9.74. The third-order valence-corrected chi connectivity index (χ3v) is 11.3. The Bertz CT molecular complexity index is 2020. The Morgan fingerprint density at radius 3 is 2.38 bits per heavy atom. The molecular formula is C39H42F4N4O4S. The van der Waals surface area contributed by atoms with E-state index in [1.165, 1.54) is 15.0 Å². The lowest BCUT2D eigenvalue weighted by Crippen LogP contribution is -2.49. The summed E-state index contributed by atoms with van der Waals surface area (Å²) >= 11 is 1.67. The van der Waals surface area contributed by atoms with Crippen molar-refractivity contribution in [1.29, 1.82) is 0 Å². The Morgan fingerprint density at radius 1 is 0.962 bits per heavy atom. The summed E-state index contributed by atoms with van der Waals surface area (Å²) in [7, 11) is 0. The van der Waals surface area contributed by atoms with Crippen LogP contribution < -0.4 is 16.6 Å². The first-order valence-corrected chi connectivity index (χ1v) is 18.7. The fraction of sp³-hybridized carbons (Fsp3) is 0.410. The van der Waals surface area contributed by atoms with E-state index in [9.17, 15) is 27.6 Å². The molecule has 1 atom stereocenters. The van der Waals surface area contributed by atoms with E-state index in [2.05, 4.69) is 28.4 Å². The molecule has 0 radical (unpaired) electrons. The van der Waals surface area contributed by atoms with Gasteiger partial charge in [-0.05, 0) is 93.4 Å². The summed E-state index contributed by atoms with van der Waals surface area (Å²) in [5.74, 6) is -2.03. The number of hydrogen-bond donors (Lipinski definition) is 2. The lowest BCUT2D eigenvalue weighted by molar-refractivity contribution is -0.138. The highest BCUT2D eigenvalue weighted by molar-refractivity contribution is 7.98. The highest BCUT2D eigenvalue weighted by atomic mass is 32.2. The maximum Gasteiger partial charge on any atom is 0.416 e. The standard InChI is InChI=1S/C39H42F4N4O4S/c1-52-28-11-5-8-26(22-28)23-45-20-17-38(18-21-45)16-15-33-35(38)36(50)47(25-32(27-9-3-2-4-10-27)44-19-7-14-34(48)49)37(51)46(33)24-29-30(39(41,42)43)12-6-13-31(29)40/h2-6,8-13,22,32,44H,7,14-21,23-25H2,1H3,(H,48,49). The fourth-order valence-electron chi connectivity index (χ4n) is 7.82. The quantitative estimate of drug-likeness (QED) is 0.0906. The van der Waals surface area contributed by atoms with Gasteiger partial charge in [-0.1, -0.05) is 48.5 Å². The average molecular weight is 739 g/mol. The number of carbonyl (C=O) groups is 1. The molecule has 13 heteroatoms.